The first-order valence-corrected chi connectivity index (χ1v) is 14.9. The van der Waals surface area contributed by atoms with Crippen LogP contribution in [0.2, 0.25) is 0 Å². The molecule has 0 saturated heterocycles. The quantitative estimate of drug-likeness (QED) is 0.232. The minimum absolute atomic E-state index is 0.173. The van der Waals surface area contributed by atoms with Crippen molar-refractivity contribution in [3.63, 3.8) is 0 Å². The maximum atomic E-state index is 13.9. The third-order valence-corrected chi connectivity index (χ3v) is 8.19. The number of fused-ring (bicyclic) bond motifs is 1. The van der Waals surface area contributed by atoms with Crippen LogP contribution >= 0.6 is 11.3 Å². The standard InChI is InChI=1S/C34H33FN2O5S/c1-6-41-33(39)30-21(4)36-34-37(31(30)25-13-11-24(12-14-25)20(2)3)32(38)29(43-34)18-22-10-15-27(28(17-22)40-5)42-19-23-8-7-9-26(35)16-23/h7-18,20,31H,6,19H2,1-5H3/t31-/m1/s1. The van der Waals surface area contributed by atoms with Gasteiger partial charge in [0.2, 0.25) is 0 Å². The first-order valence-electron chi connectivity index (χ1n) is 14.0. The monoisotopic (exact) mass is 600 g/mol. The lowest BCUT2D eigenvalue weighted by molar-refractivity contribution is -0.139. The summed E-state index contributed by atoms with van der Waals surface area (Å²) in [7, 11) is 1.53. The SMILES string of the molecule is CCOC(=O)C1=C(C)N=c2sc(=Cc3ccc(OCc4cccc(F)c4)c(OC)c3)c(=O)n2[C@@H]1c1ccc(C(C)C)cc1. The van der Waals surface area contributed by atoms with E-state index in [4.69, 9.17) is 14.2 Å². The van der Waals surface area contributed by atoms with Gasteiger partial charge >= 0.3 is 5.97 Å². The molecule has 1 aliphatic rings. The van der Waals surface area contributed by atoms with Gasteiger partial charge in [-0.05, 0) is 72.4 Å². The molecular formula is C34H33FN2O5S. The van der Waals surface area contributed by atoms with Crippen molar-refractivity contribution in [2.24, 2.45) is 4.99 Å². The first kappa shape index (κ1) is 30.0. The van der Waals surface area contributed by atoms with E-state index in [1.165, 1.54) is 30.6 Å². The number of hydrogen-bond acceptors (Lipinski definition) is 7. The Morgan fingerprint density at radius 3 is 2.53 bits per heavy atom. The van der Waals surface area contributed by atoms with E-state index in [9.17, 15) is 14.0 Å². The van der Waals surface area contributed by atoms with Crippen molar-refractivity contribution in [3.8, 4) is 11.5 Å². The van der Waals surface area contributed by atoms with Crippen LogP contribution in [0.25, 0.3) is 6.08 Å². The zero-order chi connectivity index (χ0) is 30.7. The van der Waals surface area contributed by atoms with Crippen molar-refractivity contribution in [2.75, 3.05) is 13.7 Å². The molecule has 1 atom stereocenters. The molecule has 9 heteroatoms. The zero-order valence-electron chi connectivity index (χ0n) is 24.7. The fraction of sp³-hybridized carbons (Fsp3) is 0.265. The zero-order valence-corrected chi connectivity index (χ0v) is 25.5. The average Bonchev–Trinajstić information content (AvgIpc) is 3.29. The number of methoxy groups -OCH3 is 1. The van der Waals surface area contributed by atoms with E-state index in [1.807, 2.05) is 30.3 Å². The topological polar surface area (TPSA) is 79.1 Å². The Balaban J connectivity index is 1.54. The van der Waals surface area contributed by atoms with Gasteiger partial charge in [0, 0.05) is 0 Å². The predicted molar refractivity (Wildman–Crippen MR) is 165 cm³/mol. The highest BCUT2D eigenvalue weighted by Crippen LogP contribution is 2.32. The van der Waals surface area contributed by atoms with Gasteiger partial charge in [-0.1, -0.05) is 67.6 Å². The lowest BCUT2D eigenvalue weighted by Gasteiger charge is -2.25. The molecule has 0 amide bonds. The van der Waals surface area contributed by atoms with Crippen molar-refractivity contribution in [1.82, 2.24) is 4.57 Å². The van der Waals surface area contributed by atoms with Gasteiger partial charge in [0.05, 0.1) is 35.6 Å². The summed E-state index contributed by atoms with van der Waals surface area (Å²) in [5, 5.41) is 0. The van der Waals surface area contributed by atoms with Gasteiger partial charge in [-0.2, -0.15) is 0 Å². The summed E-state index contributed by atoms with van der Waals surface area (Å²) in [6.07, 6.45) is 1.77. The Hall–Kier alpha value is -4.50. The summed E-state index contributed by atoms with van der Waals surface area (Å²) in [5.41, 5.74) is 3.98. The minimum Gasteiger partial charge on any atom is -0.493 e. The summed E-state index contributed by atoms with van der Waals surface area (Å²) in [6, 6.07) is 18.9. The van der Waals surface area contributed by atoms with Crippen LogP contribution < -0.4 is 24.4 Å². The van der Waals surface area contributed by atoms with Crippen molar-refractivity contribution < 1.29 is 23.4 Å². The molecule has 222 valence electrons. The fourth-order valence-electron chi connectivity index (χ4n) is 5.00. The molecule has 0 aliphatic carbocycles. The van der Waals surface area contributed by atoms with Crippen molar-refractivity contribution in [1.29, 1.82) is 0 Å². The number of ether oxygens (including phenoxy) is 3. The summed E-state index contributed by atoms with van der Waals surface area (Å²) < 4.78 is 32.4. The minimum atomic E-state index is -0.674. The van der Waals surface area contributed by atoms with E-state index in [2.05, 4.69) is 18.8 Å². The van der Waals surface area contributed by atoms with Gasteiger partial charge in [-0.15, -0.1) is 0 Å². The lowest BCUT2D eigenvalue weighted by Crippen LogP contribution is -2.39. The van der Waals surface area contributed by atoms with Crippen LogP contribution in [0, 0.1) is 5.82 Å². The normalized spacial score (nSPS) is 14.9. The highest BCUT2D eigenvalue weighted by atomic mass is 32.1. The Kier molecular flexibility index (Phi) is 8.92. The Morgan fingerprint density at radius 1 is 1.09 bits per heavy atom. The van der Waals surface area contributed by atoms with E-state index < -0.39 is 12.0 Å². The van der Waals surface area contributed by atoms with E-state index in [-0.39, 0.29) is 24.6 Å². The first-order chi connectivity index (χ1) is 20.7. The van der Waals surface area contributed by atoms with E-state index in [1.54, 1.807) is 48.8 Å². The molecule has 0 unspecified atom stereocenters. The van der Waals surface area contributed by atoms with Gasteiger partial charge in [0.25, 0.3) is 5.56 Å². The molecule has 7 nitrogen and oxygen atoms in total. The highest BCUT2D eigenvalue weighted by Gasteiger charge is 2.33. The Morgan fingerprint density at radius 2 is 1.86 bits per heavy atom. The molecule has 4 aromatic rings. The summed E-state index contributed by atoms with van der Waals surface area (Å²) in [4.78, 5) is 32.2. The molecule has 1 aromatic heterocycles. The number of benzene rings is 3. The van der Waals surface area contributed by atoms with Gasteiger partial charge < -0.3 is 14.2 Å². The van der Waals surface area contributed by atoms with Crippen molar-refractivity contribution in [2.45, 2.75) is 46.3 Å². The van der Waals surface area contributed by atoms with E-state index in [0.717, 1.165) is 16.7 Å². The summed E-state index contributed by atoms with van der Waals surface area (Å²) >= 11 is 1.26. The van der Waals surface area contributed by atoms with Crippen LogP contribution in [0.3, 0.4) is 0 Å². The van der Waals surface area contributed by atoms with Gasteiger partial charge in [-0.3, -0.25) is 9.36 Å². The summed E-state index contributed by atoms with van der Waals surface area (Å²) in [6.45, 7) is 8.14. The molecule has 0 saturated carbocycles. The highest BCUT2D eigenvalue weighted by molar-refractivity contribution is 7.07. The molecule has 43 heavy (non-hydrogen) atoms. The van der Waals surface area contributed by atoms with E-state index in [0.29, 0.717) is 43.6 Å². The number of allylic oxidation sites excluding steroid dienone is 1. The van der Waals surface area contributed by atoms with Crippen LogP contribution in [0.4, 0.5) is 4.39 Å². The summed E-state index contributed by atoms with van der Waals surface area (Å²) in [5.74, 6) is 0.484. The molecule has 0 bridgehead atoms. The fourth-order valence-corrected chi connectivity index (χ4v) is 6.05. The Bertz CT molecular complexity index is 1870. The van der Waals surface area contributed by atoms with Gasteiger partial charge in [0.15, 0.2) is 16.3 Å². The molecule has 0 radical (unpaired) electrons. The number of carbonyl (C=O) groups excluding carboxylic acids is 1. The maximum absolute atomic E-state index is 13.9. The van der Waals surface area contributed by atoms with Crippen LogP contribution in [-0.4, -0.2) is 24.3 Å². The largest absolute Gasteiger partial charge is 0.493 e. The smallest absolute Gasteiger partial charge is 0.338 e. The Labute approximate surface area is 253 Å². The van der Waals surface area contributed by atoms with Crippen molar-refractivity contribution >= 4 is 23.4 Å². The van der Waals surface area contributed by atoms with Crippen LogP contribution in [0.1, 0.15) is 61.9 Å². The molecule has 3 aromatic carbocycles. The number of hydrogen-bond donors (Lipinski definition) is 0. The molecule has 1 aliphatic heterocycles. The number of esters is 1. The second-order valence-corrected chi connectivity index (χ2v) is 11.5. The maximum Gasteiger partial charge on any atom is 0.338 e. The number of nitrogens with zero attached hydrogens (tertiary/aromatic N) is 2. The number of aromatic nitrogens is 1. The number of rotatable bonds is 9. The molecule has 2 heterocycles. The second kappa shape index (κ2) is 12.8. The molecule has 0 fully saturated rings. The molecule has 0 N–H and O–H groups in total. The van der Waals surface area contributed by atoms with Crippen LogP contribution in [0.15, 0.2) is 87.8 Å². The third kappa shape index (κ3) is 6.32. The number of halogens is 1. The number of carbonyl (C=O) groups is 1. The predicted octanol–water partition coefficient (Wildman–Crippen LogP) is 5.65. The van der Waals surface area contributed by atoms with Gasteiger partial charge in [-0.25, -0.2) is 14.2 Å². The lowest BCUT2D eigenvalue weighted by atomic mass is 9.93. The van der Waals surface area contributed by atoms with Crippen LogP contribution in [0.5, 0.6) is 11.5 Å². The van der Waals surface area contributed by atoms with E-state index >= 15 is 0 Å². The van der Waals surface area contributed by atoms with Crippen molar-refractivity contribution in [3.05, 3.63) is 126 Å². The molecule has 0 spiro atoms. The number of thiazole rings is 1. The van der Waals surface area contributed by atoms with Gasteiger partial charge in [0.1, 0.15) is 12.4 Å². The third-order valence-electron chi connectivity index (χ3n) is 7.20. The average molecular weight is 601 g/mol. The van der Waals surface area contributed by atoms with Crippen LogP contribution in [-0.2, 0) is 16.1 Å². The molecule has 5 rings (SSSR count). The second-order valence-electron chi connectivity index (χ2n) is 10.5. The molecular weight excluding hydrogens is 567 g/mol.